The van der Waals surface area contributed by atoms with Crippen molar-refractivity contribution in [1.29, 1.82) is 5.26 Å². The highest BCUT2D eigenvalue weighted by atomic mass is 16.3. The van der Waals surface area contributed by atoms with E-state index in [2.05, 4.69) is 21.3 Å². The molecule has 4 rings (SSSR count). The van der Waals surface area contributed by atoms with E-state index in [1.54, 1.807) is 23.6 Å². The third-order valence-corrected chi connectivity index (χ3v) is 5.07. The van der Waals surface area contributed by atoms with E-state index in [1.807, 2.05) is 6.07 Å². The molecule has 1 amide bonds. The van der Waals surface area contributed by atoms with Gasteiger partial charge in [0, 0.05) is 37.3 Å². The second-order valence-electron chi connectivity index (χ2n) is 6.77. The summed E-state index contributed by atoms with van der Waals surface area (Å²) in [6.45, 7) is 2.77. The van der Waals surface area contributed by atoms with Crippen molar-refractivity contribution < 1.29 is 9.21 Å². The molecule has 7 nitrogen and oxygen atoms in total. The summed E-state index contributed by atoms with van der Waals surface area (Å²) in [7, 11) is 0. The third kappa shape index (κ3) is 3.17. The molecular weight excluding hydrogens is 318 g/mol. The highest BCUT2D eigenvalue weighted by molar-refractivity contribution is 5.87. The molecule has 2 atom stereocenters. The molecule has 0 aromatic carbocycles. The van der Waals surface area contributed by atoms with E-state index in [9.17, 15) is 4.79 Å². The molecule has 0 bridgehead atoms. The summed E-state index contributed by atoms with van der Waals surface area (Å²) < 4.78 is 5.53. The molecule has 7 heteroatoms. The first-order valence-electron chi connectivity index (χ1n) is 8.74. The van der Waals surface area contributed by atoms with Crippen LogP contribution in [-0.4, -0.2) is 59.0 Å². The zero-order valence-electron chi connectivity index (χ0n) is 14.0. The number of carbonyl (C=O) groups is 1. The number of pyridine rings is 1. The number of amides is 1. The maximum Gasteiger partial charge on any atom is 0.237 e. The first-order chi connectivity index (χ1) is 12.2. The van der Waals surface area contributed by atoms with Crippen LogP contribution in [0.1, 0.15) is 19.3 Å². The van der Waals surface area contributed by atoms with E-state index in [0.29, 0.717) is 13.1 Å². The van der Waals surface area contributed by atoms with Crippen molar-refractivity contribution in [1.82, 2.24) is 14.8 Å². The number of carbonyl (C=O) groups excluding carboxylic acids is 1. The van der Waals surface area contributed by atoms with Gasteiger partial charge in [-0.15, -0.1) is 0 Å². The second kappa shape index (κ2) is 6.73. The van der Waals surface area contributed by atoms with E-state index < -0.39 is 0 Å². The van der Waals surface area contributed by atoms with Gasteiger partial charge in [-0.1, -0.05) is 0 Å². The first-order valence-corrected chi connectivity index (χ1v) is 8.74. The molecule has 1 N–H and O–H groups in total. The molecule has 2 aromatic heterocycles. The Balaban J connectivity index is 1.35. The number of hydrogen-bond donors (Lipinski definition) is 1. The van der Waals surface area contributed by atoms with Crippen LogP contribution < -0.4 is 5.32 Å². The van der Waals surface area contributed by atoms with E-state index in [1.165, 1.54) is 0 Å². The fourth-order valence-electron chi connectivity index (χ4n) is 3.79. The summed E-state index contributed by atoms with van der Waals surface area (Å²) in [5, 5.41) is 13.6. The Bertz CT molecular complexity index is 811. The Labute approximate surface area is 146 Å². The minimum Gasteiger partial charge on any atom is -0.462 e. The summed E-state index contributed by atoms with van der Waals surface area (Å²) >= 11 is 0. The standard InChI is InChI=1S/C18H21N5O2/c19-8-15-2-1-5-23(15)17(24)12-22-6-3-14(11-22)21-16-10-20-9-13-4-7-25-18(13)16/h4,7,9-10,14-15,21H,1-3,5-6,11-12H2. The Morgan fingerprint density at radius 3 is 3.20 bits per heavy atom. The topological polar surface area (TPSA) is 85.4 Å². The Morgan fingerprint density at radius 2 is 2.32 bits per heavy atom. The number of rotatable bonds is 4. The van der Waals surface area contributed by atoms with Gasteiger partial charge in [-0.05, 0) is 25.3 Å². The van der Waals surface area contributed by atoms with Gasteiger partial charge in [0.15, 0.2) is 5.58 Å². The van der Waals surface area contributed by atoms with Gasteiger partial charge < -0.3 is 14.6 Å². The quantitative estimate of drug-likeness (QED) is 0.915. The summed E-state index contributed by atoms with van der Waals surface area (Å²) in [5.41, 5.74) is 1.71. The summed E-state index contributed by atoms with van der Waals surface area (Å²) in [4.78, 5) is 20.6. The summed E-state index contributed by atoms with van der Waals surface area (Å²) in [5.74, 6) is 0.0690. The third-order valence-electron chi connectivity index (χ3n) is 5.07. The molecule has 2 aliphatic rings. The van der Waals surface area contributed by atoms with Crippen LogP contribution in [0.5, 0.6) is 0 Å². The molecular formula is C18H21N5O2. The molecule has 0 aliphatic carbocycles. The zero-order valence-corrected chi connectivity index (χ0v) is 14.0. The molecule has 0 saturated carbocycles. The molecule has 2 saturated heterocycles. The largest absolute Gasteiger partial charge is 0.462 e. The van der Waals surface area contributed by atoms with Gasteiger partial charge in [0.1, 0.15) is 6.04 Å². The van der Waals surface area contributed by atoms with E-state index in [-0.39, 0.29) is 18.0 Å². The fourth-order valence-corrected chi connectivity index (χ4v) is 3.79. The van der Waals surface area contributed by atoms with Crippen LogP contribution in [0.25, 0.3) is 11.0 Å². The normalized spacial score (nSPS) is 23.9. The SMILES string of the molecule is N#CC1CCCN1C(=O)CN1CCC(Nc2cncc3ccoc23)C1. The maximum atomic E-state index is 12.5. The summed E-state index contributed by atoms with van der Waals surface area (Å²) in [6.07, 6.45) is 7.92. The van der Waals surface area contributed by atoms with Crippen molar-refractivity contribution in [2.75, 3.05) is 31.5 Å². The van der Waals surface area contributed by atoms with Crippen LogP contribution in [0.15, 0.2) is 29.1 Å². The number of nitrogens with one attached hydrogen (secondary N) is 1. The molecule has 0 spiro atoms. The van der Waals surface area contributed by atoms with Gasteiger partial charge in [0.05, 0.1) is 30.8 Å². The van der Waals surface area contributed by atoms with Crippen molar-refractivity contribution in [3.63, 3.8) is 0 Å². The number of anilines is 1. The van der Waals surface area contributed by atoms with Crippen molar-refractivity contribution in [3.05, 3.63) is 24.7 Å². The van der Waals surface area contributed by atoms with Crippen molar-refractivity contribution in [2.24, 2.45) is 0 Å². The number of nitrogens with zero attached hydrogens (tertiary/aromatic N) is 4. The van der Waals surface area contributed by atoms with Gasteiger partial charge in [-0.25, -0.2) is 0 Å². The molecule has 2 aromatic rings. The molecule has 2 unspecified atom stereocenters. The van der Waals surface area contributed by atoms with Gasteiger partial charge in [-0.3, -0.25) is 14.7 Å². The maximum absolute atomic E-state index is 12.5. The van der Waals surface area contributed by atoms with Gasteiger partial charge in [-0.2, -0.15) is 5.26 Å². The van der Waals surface area contributed by atoms with E-state index in [0.717, 1.165) is 49.0 Å². The highest BCUT2D eigenvalue weighted by Gasteiger charge is 2.31. The molecule has 130 valence electrons. The number of aromatic nitrogens is 1. The number of nitriles is 1. The monoisotopic (exact) mass is 339 g/mol. The number of hydrogen-bond acceptors (Lipinski definition) is 6. The number of likely N-dealkylation sites (tertiary alicyclic amines) is 2. The van der Waals surface area contributed by atoms with Crippen LogP contribution in [-0.2, 0) is 4.79 Å². The number of fused-ring (bicyclic) bond motifs is 1. The highest BCUT2D eigenvalue weighted by Crippen LogP contribution is 2.25. The summed E-state index contributed by atoms with van der Waals surface area (Å²) in [6, 6.07) is 4.15. The van der Waals surface area contributed by atoms with E-state index >= 15 is 0 Å². The van der Waals surface area contributed by atoms with Crippen LogP contribution in [0.2, 0.25) is 0 Å². The van der Waals surface area contributed by atoms with Crippen molar-refractivity contribution in [3.8, 4) is 6.07 Å². The molecule has 2 aliphatic heterocycles. The lowest BCUT2D eigenvalue weighted by atomic mass is 10.2. The lowest BCUT2D eigenvalue weighted by Gasteiger charge is -2.23. The van der Waals surface area contributed by atoms with E-state index in [4.69, 9.17) is 9.68 Å². The van der Waals surface area contributed by atoms with Crippen LogP contribution >= 0.6 is 0 Å². The lowest BCUT2D eigenvalue weighted by Crippen LogP contribution is -2.42. The first kappa shape index (κ1) is 15.9. The van der Waals surface area contributed by atoms with Crippen LogP contribution in [0.4, 0.5) is 5.69 Å². The second-order valence-corrected chi connectivity index (χ2v) is 6.77. The molecule has 4 heterocycles. The van der Waals surface area contributed by atoms with Gasteiger partial charge >= 0.3 is 0 Å². The fraction of sp³-hybridized carbons (Fsp3) is 0.500. The molecule has 25 heavy (non-hydrogen) atoms. The number of furan rings is 1. The molecule has 2 fully saturated rings. The average molecular weight is 339 g/mol. The lowest BCUT2D eigenvalue weighted by molar-refractivity contribution is -0.132. The van der Waals surface area contributed by atoms with Crippen LogP contribution in [0.3, 0.4) is 0 Å². The van der Waals surface area contributed by atoms with Crippen molar-refractivity contribution >= 4 is 22.6 Å². The van der Waals surface area contributed by atoms with Crippen molar-refractivity contribution in [2.45, 2.75) is 31.3 Å². The predicted octanol–water partition coefficient (Wildman–Crippen LogP) is 1.83. The van der Waals surface area contributed by atoms with Gasteiger partial charge in [0.25, 0.3) is 0 Å². The predicted molar refractivity (Wildman–Crippen MR) is 92.8 cm³/mol. The smallest absolute Gasteiger partial charge is 0.237 e. The minimum absolute atomic E-state index is 0.0690. The Morgan fingerprint density at radius 1 is 1.40 bits per heavy atom. The van der Waals surface area contributed by atoms with Crippen LogP contribution in [0, 0.1) is 11.3 Å². The Kier molecular flexibility index (Phi) is 4.28. The average Bonchev–Trinajstić information content (AvgIpc) is 3.35. The molecule has 0 radical (unpaired) electrons. The Hall–Kier alpha value is -2.59. The zero-order chi connectivity index (χ0) is 17.2. The minimum atomic E-state index is -0.244. The van der Waals surface area contributed by atoms with Gasteiger partial charge in [0.2, 0.25) is 5.91 Å².